The van der Waals surface area contributed by atoms with Crippen molar-refractivity contribution < 1.29 is 14.3 Å². The summed E-state index contributed by atoms with van der Waals surface area (Å²) in [5.41, 5.74) is 5.10. The molecule has 5 nitrogen and oxygen atoms in total. The fourth-order valence-electron chi connectivity index (χ4n) is 2.69. The second kappa shape index (κ2) is 7.88. The van der Waals surface area contributed by atoms with Crippen LogP contribution in [0, 0.1) is 20.8 Å². The van der Waals surface area contributed by atoms with Crippen LogP contribution in [0.3, 0.4) is 0 Å². The fourth-order valence-corrected chi connectivity index (χ4v) is 3.52. The summed E-state index contributed by atoms with van der Waals surface area (Å²) >= 11 is 1.33. The van der Waals surface area contributed by atoms with E-state index in [-0.39, 0.29) is 5.91 Å². The van der Waals surface area contributed by atoms with Gasteiger partial charge in [-0.25, -0.2) is 4.99 Å². The molecular weight excluding hydrogens is 360 g/mol. The SMILES string of the molecule is COc1cc(C)c(C=C2SC(=Nc3ccc(C)c(C)c3)NC2=O)cc1OC. The van der Waals surface area contributed by atoms with Crippen LogP contribution in [-0.2, 0) is 4.79 Å². The van der Waals surface area contributed by atoms with Gasteiger partial charge >= 0.3 is 0 Å². The van der Waals surface area contributed by atoms with E-state index in [1.54, 1.807) is 14.2 Å². The Morgan fingerprint density at radius 1 is 0.963 bits per heavy atom. The van der Waals surface area contributed by atoms with E-state index in [1.165, 1.54) is 22.9 Å². The Hall–Kier alpha value is -2.73. The van der Waals surface area contributed by atoms with Gasteiger partial charge in [0.05, 0.1) is 24.8 Å². The van der Waals surface area contributed by atoms with E-state index in [4.69, 9.17) is 9.47 Å². The number of amides is 1. The number of thioether (sulfide) groups is 1. The monoisotopic (exact) mass is 382 g/mol. The highest BCUT2D eigenvalue weighted by Gasteiger charge is 2.24. The van der Waals surface area contributed by atoms with E-state index in [0.29, 0.717) is 21.6 Å². The minimum Gasteiger partial charge on any atom is -0.493 e. The minimum atomic E-state index is -0.156. The summed E-state index contributed by atoms with van der Waals surface area (Å²) in [6.07, 6.45) is 1.85. The zero-order valence-electron chi connectivity index (χ0n) is 16.0. The smallest absolute Gasteiger partial charge is 0.264 e. The third kappa shape index (κ3) is 4.17. The Bertz CT molecular complexity index is 964. The van der Waals surface area contributed by atoms with Crippen LogP contribution in [0.4, 0.5) is 5.69 Å². The molecular formula is C21H22N2O3S. The first-order valence-corrected chi connectivity index (χ1v) is 9.32. The van der Waals surface area contributed by atoms with Gasteiger partial charge in [-0.1, -0.05) is 6.07 Å². The number of rotatable bonds is 4. The number of benzene rings is 2. The molecule has 3 rings (SSSR count). The van der Waals surface area contributed by atoms with Crippen LogP contribution >= 0.6 is 11.8 Å². The molecule has 0 atom stereocenters. The molecule has 0 unspecified atom stereocenters. The lowest BCUT2D eigenvalue weighted by Gasteiger charge is -2.10. The molecule has 1 aliphatic heterocycles. The van der Waals surface area contributed by atoms with Crippen LogP contribution in [0.5, 0.6) is 11.5 Å². The number of carbonyl (C=O) groups is 1. The molecule has 1 aliphatic rings. The van der Waals surface area contributed by atoms with Crippen LogP contribution in [0.2, 0.25) is 0 Å². The normalized spacial score (nSPS) is 16.7. The largest absolute Gasteiger partial charge is 0.493 e. The average Bonchev–Trinajstić information content (AvgIpc) is 2.98. The van der Waals surface area contributed by atoms with Crippen molar-refractivity contribution in [2.45, 2.75) is 20.8 Å². The van der Waals surface area contributed by atoms with Crippen LogP contribution < -0.4 is 14.8 Å². The lowest BCUT2D eigenvalue weighted by molar-refractivity contribution is -0.115. The van der Waals surface area contributed by atoms with Gasteiger partial charge in [0, 0.05) is 0 Å². The maximum atomic E-state index is 12.4. The maximum Gasteiger partial charge on any atom is 0.264 e. The van der Waals surface area contributed by atoms with Crippen molar-refractivity contribution in [1.29, 1.82) is 0 Å². The van der Waals surface area contributed by atoms with Crippen molar-refractivity contribution in [1.82, 2.24) is 5.32 Å². The Labute approximate surface area is 163 Å². The summed E-state index contributed by atoms with van der Waals surface area (Å²) in [6.45, 7) is 6.07. The molecule has 0 aromatic heterocycles. The van der Waals surface area contributed by atoms with Gasteiger partial charge in [0.15, 0.2) is 16.7 Å². The van der Waals surface area contributed by atoms with Gasteiger partial charge in [0.1, 0.15) is 0 Å². The van der Waals surface area contributed by atoms with Crippen LogP contribution in [0.1, 0.15) is 22.3 Å². The number of nitrogens with zero attached hydrogens (tertiary/aromatic N) is 1. The molecule has 0 bridgehead atoms. The quantitative estimate of drug-likeness (QED) is 0.790. The Kier molecular flexibility index (Phi) is 5.56. The van der Waals surface area contributed by atoms with Gasteiger partial charge in [-0.3, -0.25) is 4.79 Å². The van der Waals surface area contributed by atoms with Crippen molar-refractivity contribution in [3.63, 3.8) is 0 Å². The highest BCUT2D eigenvalue weighted by molar-refractivity contribution is 8.18. The van der Waals surface area contributed by atoms with Gasteiger partial charge in [0.2, 0.25) is 0 Å². The van der Waals surface area contributed by atoms with E-state index >= 15 is 0 Å². The van der Waals surface area contributed by atoms with Crippen LogP contribution in [0.25, 0.3) is 6.08 Å². The molecule has 1 heterocycles. The molecule has 1 N–H and O–H groups in total. The molecule has 1 amide bonds. The zero-order chi connectivity index (χ0) is 19.6. The number of hydrogen-bond donors (Lipinski definition) is 1. The number of aryl methyl sites for hydroxylation is 3. The van der Waals surface area contributed by atoms with Gasteiger partial charge in [-0.2, -0.15) is 0 Å². The van der Waals surface area contributed by atoms with Gasteiger partial charge in [-0.15, -0.1) is 0 Å². The number of carbonyl (C=O) groups excluding carboxylic acids is 1. The summed E-state index contributed by atoms with van der Waals surface area (Å²) in [4.78, 5) is 17.5. The van der Waals surface area contributed by atoms with E-state index in [9.17, 15) is 4.79 Å². The lowest BCUT2D eigenvalue weighted by Crippen LogP contribution is -2.19. The number of amidine groups is 1. The molecule has 0 saturated carbocycles. The topological polar surface area (TPSA) is 59.9 Å². The third-order valence-electron chi connectivity index (χ3n) is 4.43. The second-order valence-corrected chi connectivity index (χ2v) is 7.34. The lowest BCUT2D eigenvalue weighted by atomic mass is 10.1. The summed E-state index contributed by atoms with van der Waals surface area (Å²) in [6, 6.07) is 9.75. The minimum absolute atomic E-state index is 0.156. The first kappa shape index (κ1) is 19.0. The fraction of sp³-hybridized carbons (Fsp3) is 0.238. The van der Waals surface area contributed by atoms with Crippen LogP contribution in [-0.4, -0.2) is 25.3 Å². The number of nitrogens with one attached hydrogen (secondary N) is 1. The molecule has 1 fully saturated rings. The number of methoxy groups -OCH3 is 2. The summed E-state index contributed by atoms with van der Waals surface area (Å²) in [5, 5.41) is 3.40. The molecule has 0 aliphatic carbocycles. The van der Waals surface area contributed by atoms with Crippen molar-refractivity contribution in [3.8, 4) is 11.5 Å². The van der Waals surface area contributed by atoms with E-state index < -0.39 is 0 Å². The predicted octanol–water partition coefficient (Wildman–Crippen LogP) is 4.52. The molecule has 2 aromatic rings. The first-order chi connectivity index (χ1) is 12.9. The van der Waals surface area contributed by atoms with E-state index in [0.717, 1.165) is 16.8 Å². The molecule has 0 spiro atoms. The summed E-state index contributed by atoms with van der Waals surface area (Å²) in [5.74, 6) is 1.14. The number of hydrogen-bond acceptors (Lipinski definition) is 5. The zero-order valence-corrected chi connectivity index (χ0v) is 16.9. The number of ether oxygens (including phenoxy) is 2. The van der Waals surface area contributed by atoms with Crippen molar-refractivity contribution in [2.24, 2.45) is 4.99 Å². The van der Waals surface area contributed by atoms with Crippen molar-refractivity contribution >= 4 is 34.6 Å². The Morgan fingerprint density at radius 2 is 1.67 bits per heavy atom. The van der Waals surface area contributed by atoms with Gasteiger partial charge < -0.3 is 14.8 Å². The maximum absolute atomic E-state index is 12.4. The summed E-state index contributed by atoms with van der Waals surface area (Å²) < 4.78 is 10.7. The Morgan fingerprint density at radius 3 is 2.33 bits per heavy atom. The molecule has 140 valence electrons. The number of aliphatic imine (C=N–C) groups is 1. The second-order valence-electron chi connectivity index (χ2n) is 6.31. The first-order valence-electron chi connectivity index (χ1n) is 8.50. The van der Waals surface area contributed by atoms with Crippen molar-refractivity contribution in [3.05, 3.63) is 57.5 Å². The summed E-state index contributed by atoms with van der Waals surface area (Å²) in [7, 11) is 3.20. The highest BCUT2D eigenvalue weighted by Crippen LogP contribution is 2.34. The Balaban J connectivity index is 1.89. The van der Waals surface area contributed by atoms with Crippen LogP contribution in [0.15, 0.2) is 40.2 Å². The van der Waals surface area contributed by atoms with Gasteiger partial charge in [0.25, 0.3) is 5.91 Å². The molecule has 6 heteroatoms. The van der Waals surface area contributed by atoms with Crippen molar-refractivity contribution in [2.75, 3.05) is 14.2 Å². The van der Waals surface area contributed by atoms with E-state index in [1.807, 2.05) is 50.3 Å². The average molecular weight is 382 g/mol. The molecule has 27 heavy (non-hydrogen) atoms. The predicted molar refractivity (Wildman–Crippen MR) is 111 cm³/mol. The highest BCUT2D eigenvalue weighted by atomic mass is 32.2. The molecule has 2 aromatic carbocycles. The standard InChI is InChI=1S/C21H22N2O3S/c1-12-6-7-16(8-13(12)2)22-21-23-20(24)19(27-21)11-15-10-18(26-5)17(25-4)9-14(15)3/h6-11H,1-5H3,(H,22,23,24). The van der Waals surface area contributed by atoms with E-state index in [2.05, 4.69) is 17.2 Å². The third-order valence-corrected chi connectivity index (χ3v) is 5.34. The van der Waals surface area contributed by atoms with Gasteiger partial charge in [-0.05, 0) is 85.1 Å². The molecule has 1 saturated heterocycles. The molecule has 0 radical (unpaired) electrons.